The second kappa shape index (κ2) is 6.65. The number of urea groups is 1. The molecule has 0 aromatic heterocycles. The van der Waals surface area contributed by atoms with Gasteiger partial charge in [-0.15, -0.1) is 0 Å². The molecule has 2 aromatic carbocycles. The molecule has 23 heavy (non-hydrogen) atoms. The zero-order valence-electron chi connectivity index (χ0n) is 13.2. The summed E-state index contributed by atoms with van der Waals surface area (Å²) in [6.07, 6.45) is 1.19. The monoisotopic (exact) mass is 308 g/mol. The van der Waals surface area contributed by atoms with Crippen molar-refractivity contribution in [2.24, 2.45) is 0 Å². The third-order valence-electron chi connectivity index (χ3n) is 4.13. The molecule has 118 valence electrons. The van der Waals surface area contributed by atoms with E-state index < -0.39 is 0 Å². The number of para-hydroxylation sites is 1. The minimum atomic E-state index is -0.133. The first-order chi connectivity index (χ1) is 11.1. The number of hydrogen-bond donors (Lipinski definition) is 1. The number of rotatable bonds is 4. The molecule has 2 amide bonds. The van der Waals surface area contributed by atoms with Crippen molar-refractivity contribution in [3.05, 3.63) is 65.2 Å². The molecule has 0 bridgehead atoms. The summed E-state index contributed by atoms with van der Waals surface area (Å²) in [5.74, 6) is 0.0483. The number of hydrogen-bond acceptors (Lipinski definition) is 2. The van der Waals surface area contributed by atoms with E-state index in [1.54, 1.807) is 4.90 Å². The van der Waals surface area contributed by atoms with Gasteiger partial charge in [0.2, 0.25) is 0 Å². The first-order valence-electron chi connectivity index (χ1n) is 7.88. The van der Waals surface area contributed by atoms with Gasteiger partial charge in [0.1, 0.15) is 0 Å². The van der Waals surface area contributed by atoms with E-state index >= 15 is 0 Å². The summed E-state index contributed by atoms with van der Waals surface area (Å²) in [6, 6.07) is 15.3. The van der Waals surface area contributed by atoms with Crippen molar-refractivity contribution < 1.29 is 9.59 Å². The van der Waals surface area contributed by atoms with Crippen molar-refractivity contribution >= 4 is 17.5 Å². The zero-order chi connectivity index (χ0) is 16.2. The number of nitrogens with one attached hydrogen (secondary N) is 1. The van der Waals surface area contributed by atoms with E-state index in [9.17, 15) is 9.59 Å². The Morgan fingerprint density at radius 2 is 1.83 bits per heavy atom. The molecule has 3 rings (SSSR count). The first-order valence-corrected chi connectivity index (χ1v) is 7.88. The van der Waals surface area contributed by atoms with Crippen molar-refractivity contribution in [3.8, 4) is 0 Å². The lowest BCUT2D eigenvalue weighted by Gasteiger charge is -2.17. The molecule has 0 atom stereocenters. The van der Waals surface area contributed by atoms with Crippen LogP contribution in [0, 0.1) is 6.92 Å². The van der Waals surface area contributed by atoms with Crippen LogP contribution in [0.5, 0.6) is 0 Å². The highest BCUT2D eigenvalue weighted by atomic mass is 16.2. The van der Waals surface area contributed by atoms with Crippen molar-refractivity contribution in [3.63, 3.8) is 0 Å². The van der Waals surface area contributed by atoms with Crippen molar-refractivity contribution in [1.29, 1.82) is 0 Å². The fourth-order valence-corrected chi connectivity index (χ4v) is 2.81. The number of nitrogens with zero attached hydrogens (tertiary/aromatic N) is 1. The summed E-state index contributed by atoms with van der Waals surface area (Å²) >= 11 is 0. The fraction of sp³-hybridized carbons (Fsp3) is 0.263. The van der Waals surface area contributed by atoms with Gasteiger partial charge in [-0.05, 0) is 25.0 Å². The van der Waals surface area contributed by atoms with Crippen LogP contribution in [-0.2, 0) is 6.42 Å². The Hall–Kier alpha value is -2.62. The third-order valence-corrected chi connectivity index (χ3v) is 4.13. The summed E-state index contributed by atoms with van der Waals surface area (Å²) in [4.78, 5) is 26.1. The van der Waals surface area contributed by atoms with Gasteiger partial charge >= 0.3 is 6.03 Å². The standard InChI is InChI=1S/C19H20N2O2/c1-14-6-8-16(9-7-14)18(22)10-12-20-19(23)21-13-11-15-4-2-3-5-17(15)21/h2-9H,10-13H2,1H3,(H,20,23). The molecule has 4 nitrogen and oxygen atoms in total. The number of ketones is 1. The van der Waals surface area contributed by atoms with Crippen LogP contribution in [0.2, 0.25) is 0 Å². The second-order valence-electron chi connectivity index (χ2n) is 5.80. The van der Waals surface area contributed by atoms with Crippen LogP contribution < -0.4 is 10.2 Å². The molecule has 2 aromatic rings. The Kier molecular flexibility index (Phi) is 4.42. The topological polar surface area (TPSA) is 49.4 Å². The SMILES string of the molecule is Cc1ccc(C(=O)CCNC(=O)N2CCc3ccccc32)cc1. The van der Waals surface area contributed by atoms with E-state index in [4.69, 9.17) is 0 Å². The molecule has 0 radical (unpaired) electrons. The van der Waals surface area contributed by atoms with Gasteiger partial charge in [-0.25, -0.2) is 4.79 Å². The molecular formula is C19H20N2O2. The highest BCUT2D eigenvalue weighted by molar-refractivity contribution is 5.97. The van der Waals surface area contributed by atoms with Gasteiger partial charge in [0, 0.05) is 30.8 Å². The molecule has 1 heterocycles. The lowest BCUT2D eigenvalue weighted by atomic mass is 10.1. The van der Waals surface area contributed by atoms with Crippen LogP contribution in [0.1, 0.15) is 27.9 Å². The highest BCUT2D eigenvalue weighted by Crippen LogP contribution is 2.27. The molecule has 0 unspecified atom stereocenters. The van der Waals surface area contributed by atoms with E-state index in [1.807, 2.05) is 55.5 Å². The predicted octanol–water partition coefficient (Wildman–Crippen LogP) is 3.34. The smallest absolute Gasteiger partial charge is 0.321 e. The molecule has 0 saturated heterocycles. The molecule has 0 saturated carbocycles. The maximum Gasteiger partial charge on any atom is 0.321 e. The van der Waals surface area contributed by atoms with Crippen LogP contribution in [0.3, 0.4) is 0 Å². The van der Waals surface area contributed by atoms with Gasteiger partial charge in [0.05, 0.1) is 0 Å². The fourth-order valence-electron chi connectivity index (χ4n) is 2.81. The van der Waals surface area contributed by atoms with E-state index in [0.29, 0.717) is 25.1 Å². The highest BCUT2D eigenvalue weighted by Gasteiger charge is 2.23. The van der Waals surface area contributed by atoms with Crippen molar-refractivity contribution in [2.45, 2.75) is 19.8 Å². The molecule has 1 aliphatic rings. The van der Waals surface area contributed by atoms with E-state index in [0.717, 1.165) is 17.7 Å². The molecule has 0 spiro atoms. The molecule has 0 aliphatic carbocycles. The molecule has 4 heteroatoms. The lowest BCUT2D eigenvalue weighted by molar-refractivity contribution is 0.0983. The number of benzene rings is 2. The minimum absolute atomic E-state index is 0.0483. The summed E-state index contributed by atoms with van der Waals surface area (Å²) in [6.45, 7) is 3.03. The number of anilines is 1. The zero-order valence-corrected chi connectivity index (χ0v) is 13.2. The second-order valence-corrected chi connectivity index (χ2v) is 5.80. The number of amides is 2. The van der Waals surface area contributed by atoms with Gasteiger partial charge < -0.3 is 5.32 Å². The Morgan fingerprint density at radius 3 is 2.61 bits per heavy atom. The summed E-state index contributed by atoms with van der Waals surface area (Å²) < 4.78 is 0. The largest absolute Gasteiger partial charge is 0.337 e. The van der Waals surface area contributed by atoms with Gasteiger partial charge in [0.15, 0.2) is 5.78 Å². The Morgan fingerprint density at radius 1 is 1.09 bits per heavy atom. The van der Waals surface area contributed by atoms with Crippen molar-refractivity contribution in [1.82, 2.24) is 5.32 Å². The number of Topliss-reactive ketones (excluding diaryl/α,β-unsaturated/α-hetero) is 1. The maximum atomic E-state index is 12.3. The molecule has 1 aliphatic heterocycles. The average Bonchev–Trinajstić information content (AvgIpc) is 2.99. The number of carbonyl (C=O) groups excluding carboxylic acids is 2. The molecular weight excluding hydrogens is 288 g/mol. The maximum absolute atomic E-state index is 12.3. The minimum Gasteiger partial charge on any atom is -0.337 e. The van der Waals surface area contributed by atoms with Crippen LogP contribution >= 0.6 is 0 Å². The van der Waals surface area contributed by atoms with E-state index in [1.165, 1.54) is 5.56 Å². The van der Waals surface area contributed by atoms with Crippen LogP contribution in [0.15, 0.2) is 48.5 Å². The quantitative estimate of drug-likeness (QED) is 0.881. The number of carbonyl (C=O) groups is 2. The summed E-state index contributed by atoms with van der Waals surface area (Å²) in [5.41, 5.74) is 3.98. The van der Waals surface area contributed by atoms with E-state index in [2.05, 4.69) is 5.32 Å². The van der Waals surface area contributed by atoms with Gasteiger partial charge in [-0.3, -0.25) is 9.69 Å². The Bertz CT molecular complexity index is 722. The van der Waals surface area contributed by atoms with Gasteiger partial charge in [-0.1, -0.05) is 48.0 Å². The first kappa shape index (κ1) is 15.3. The van der Waals surface area contributed by atoms with Crippen molar-refractivity contribution in [2.75, 3.05) is 18.0 Å². The molecule has 1 N–H and O–H groups in total. The summed E-state index contributed by atoms with van der Waals surface area (Å²) in [5, 5.41) is 2.84. The Labute approximate surface area is 136 Å². The lowest BCUT2D eigenvalue weighted by Crippen LogP contribution is -2.39. The van der Waals surface area contributed by atoms with Gasteiger partial charge in [-0.2, -0.15) is 0 Å². The Balaban J connectivity index is 1.52. The molecule has 0 fully saturated rings. The van der Waals surface area contributed by atoms with Gasteiger partial charge in [0.25, 0.3) is 0 Å². The van der Waals surface area contributed by atoms with E-state index in [-0.39, 0.29) is 11.8 Å². The average molecular weight is 308 g/mol. The predicted molar refractivity (Wildman–Crippen MR) is 91.0 cm³/mol. The summed E-state index contributed by atoms with van der Waals surface area (Å²) in [7, 11) is 0. The van der Waals surface area contributed by atoms with Crippen LogP contribution in [0.25, 0.3) is 0 Å². The normalized spacial score (nSPS) is 12.8. The third kappa shape index (κ3) is 3.42. The number of aryl methyl sites for hydroxylation is 1. The number of fused-ring (bicyclic) bond motifs is 1. The van der Waals surface area contributed by atoms with Crippen LogP contribution in [-0.4, -0.2) is 24.9 Å². The van der Waals surface area contributed by atoms with Crippen LogP contribution in [0.4, 0.5) is 10.5 Å².